The first-order valence-electron chi connectivity index (χ1n) is 6.31. The van der Waals surface area contributed by atoms with Gasteiger partial charge >= 0.3 is 0 Å². The Bertz CT molecular complexity index is 460. The van der Waals surface area contributed by atoms with Gasteiger partial charge in [-0.1, -0.05) is 12.1 Å². The molecule has 0 bridgehead atoms. The maximum Gasteiger partial charge on any atom is 0.0570 e. The number of aliphatic hydroxyl groups excluding tert-OH is 1. The van der Waals surface area contributed by atoms with Crippen LogP contribution in [0.3, 0.4) is 0 Å². The van der Waals surface area contributed by atoms with Gasteiger partial charge in [0, 0.05) is 28.3 Å². The zero-order valence-corrected chi connectivity index (χ0v) is 11.7. The molecule has 2 aromatic rings. The SMILES string of the molecule is OC1CC(NC(Cc2cccs2)c2cccs2)C1. The number of nitrogens with one attached hydrogen (secondary N) is 1. The molecule has 0 spiro atoms. The van der Waals surface area contributed by atoms with Gasteiger partial charge in [-0.3, -0.25) is 0 Å². The number of thiophene rings is 2. The van der Waals surface area contributed by atoms with Crippen molar-refractivity contribution in [1.29, 1.82) is 0 Å². The fourth-order valence-corrected chi connectivity index (χ4v) is 3.91. The van der Waals surface area contributed by atoms with Gasteiger partial charge in [-0.25, -0.2) is 0 Å². The molecule has 2 nitrogen and oxygen atoms in total. The Hall–Kier alpha value is -0.680. The Balaban J connectivity index is 1.68. The molecule has 0 saturated heterocycles. The molecular weight excluding hydrogens is 262 g/mol. The van der Waals surface area contributed by atoms with Gasteiger partial charge in [-0.2, -0.15) is 0 Å². The van der Waals surface area contributed by atoms with Crippen LogP contribution in [0.4, 0.5) is 0 Å². The Morgan fingerprint density at radius 2 is 2.00 bits per heavy atom. The third-order valence-corrected chi connectivity index (χ3v) is 5.31. The van der Waals surface area contributed by atoms with Crippen LogP contribution in [-0.2, 0) is 6.42 Å². The molecule has 1 atom stereocenters. The first kappa shape index (κ1) is 12.4. The van der Waals surface area contributed by atoms with E-state index in [-0.39, 0.29) is 6.10 Å². The first-order chi connectivity index (χ1) is 8.81. The van der Waals surface area contributed by atoms with Crippen LogP contribution in [0.2, 0.25) is 0 Å². The fourth-order valence-electron chi connectivity index (χ4n) is 2.37. The van der Waals surface area contributed by atoms with E-state index >= 15 is 0 Å². The molecule has 0 radical (unpaired) electrons. The summed E-state index contributed by atoms with van der Waals surface area (Å²) in [7, 11) is 0. The first-order valence-corrected chi connectivity index (χ1v) is 8.07. The molecule has 0 amide bonds. The lowest BCUT2D eigenvalue weighted by Gasteiger charge is -2.35. The molecular formula is C14H17NOS2. The fraction of sp³-hybridized carbons (Fsp3) is 0.429. The van der Waals surface area contributed by atoms with E-state index < -0.39 is 0 Å². The second kappa shape index (κ2) is 5.53. The summed E-state index contributed by atoms with van der Waals surface area (Å²) < 4.78 is 0. The Morgan fingerprint density at radius 1 is 1.22 bits per heavy atom. The van der Waals surface area contributed by atoms with Crippen molar-refractivity contribution in [2.75, 3.05) is 0 Å². The molecule has 1 aliphatic carbocycles. The Labute approximate surface area is 115 Å². The molecule has 18 heavy (non-hydrogen) atoms. The lowest BCUT2D eigenvalue weighted by atomic mass is 9.88. The monoisotopic (exact) mass is 279 g/mol. The van der Waals surface area contributed by atoms with Crippen molar-refractivity contribution in [3.8, 4) is 0 Å². The smallest absolute Gasteiger partial charge is 0.0570 e. The molecule has 4 heteroatoms. The molecule has 3 rings (SSSR count). The average Bonchev–Trinajstić information content (AvgIpc) is 2.98. The summed E-state index contributed by atoms with van der Waals surface area (Å²) in [6, 6.07) is 9.48. The van der Waals surface area contributed by atoms with E-state index in [2.05, 4.69) is 40.3 Å². The molecule has 1 aliphatic rings. The van der Waals surface area contributed by atoms with Crippen LogP contribution in [0.1, 0.15) is 28.6 Å². The third kappa shape index (κ3) is 2.83. The van der Waals surface area contributed by atoms with E-state index in [4.69, 9.17) is 0 Å². The van der Waals surface area contributed by atoms with E-state index in [1.54, 1.807) is 0 Å². The standard InChI is InChI=1S/C14H17NOS2/c16-11-7-10(8-11)15-13(14-4-2-6-18-14)9-12-3-1-5-17-12/h1-6,10-11,13,15-16H,7-9H2. The van der Waals surface area contributed by atoms with Gasteiger partial charge in [-0.05, 0) is 35.7 Å². The molecule has 1 saturated carbocycles. The maximum absolute atomic E-state index is 9.38. The van der Waals surface area contributed by atoms with Gasteiger partial charge in [0.2, 0.25) is 0 Å². The predicted octanol–water partition coefficient (Wildman–Crippen LogP) is 3.21. The van der Waals surface area contributed by atoms with Crippen LogP contribution in [0.25, 0.3) is 0 Å². The van der Waals surface area contributed by atoms with Crippen molar-refractivity contribution in [3.05, 3.63) is 44.8 Å². The summed E-state index contributed by atoms with van der Waals surface area (Å²) >= 11 is 3.63. The topological polar surface area (TPSA) is 32.3 Å². The van der Waals surface area contributed by atoms with Crippen LogP contribution >= 0.6 is 22.7 Å². The molecule has 96 valence electrons. The summed E-state index contributed by atoms with van der Waals surface area (Å²) in [4.78, 5) is 2.81. The maximum atomic E-state index is 9.38. The molecule has 0 aromatic carbocycles. The zero-order valence-electron chi connectivity index (χ0n) is 10.1. The van der Waals surface area contributed by atoms with E-state index in [1.807, 2.05) is 22.7 Å². The van der Waals surface area contributed by atoms with Crippen molar-refractivity contribution in [3.63, 3.8) is 0 Å². The molecule has 0 aliphatic heterocycles. The number of hydrogen-bond donors (Lipinski definition) is 2. The minimum absolute atomic E-state index is 0.0896. The van der Waals surface area contributed by atoms with Gasteiger partial charge in [-0.15, -0.1) is 22.7 Å². The number of rotatable bonds is 5. The lowest BCUT2D eigenvalue weighted by Crippen LogP contribution is -2.45. The van der Waals surface area contributed by atoms with E-state index in [9.17, 15) is 5.11 Å². The summed E-state index contributed by atoms with van der Waals surface area (Å²) in [5.41, 5.74) is 0. The van der Waals surface area contributed by atoms with Crippen LogP contribution in [0, 0.1) is 0 Å². The van der Waals surface area contributed by atoms with Crippen LogP contribution < -0.4 is 5.32 Å². The summed E-state index contributed by atoms with van der Waals surface area (Å²) in [6.45, 7) is 0. The highest BCUT2D eigenvalue weighted by atomic mass is 32.1. The summed E-state index contributed by atoms with van der Waals surface area (Å²) in [5.74, 6) is 0. The van der Waals surface area contributed by atoms with Gasteiger partial charge in [0.25, 0.3) is 0 Å². The van der Waals surface area contributed by atoms with Crippen molar-refractivity contribution < 1.29 is 5.11 Å². The zero-order chi connectivity index (χ0) is 12.4. The molecule has 1 unspecified atom stereocenters. The lowest BCUT2D eigenvalue weighted by molar-refractivity contribution is 0.0578. The molecule has 1 fully saturated rings. The third-order valence-electron chi connectivity index (χ3n) is 3.42. The second-order valence-electron chi connectivity index (χ2n) is 4.84. The van der Waals surface area contributed by atoms with E-state index in [0.717, 1.165) is 19.3 Å². The highest BCUT2D eigenvalue weighted by Crippen LogP contribution is 2.29. The quantitative estimate of drug-likeness (QED) is 0.881. The van der Waals surface area contributed by atoms with Crippen LogP contribution in [0.5, 0.6) is 0 Å². The predicted molar refractivity (Wildman–Crippen MR) is 77.2 cm³/mol. The number of hydrogen-bond acceptors (Lipinski definition) is 4. The van der Waals surface area contributed by atoms with Crippen molar-refractivity contribution in [1.82, 2.24) is 5.32 Å². The minimum Gasteiger partial charge on any atom is -0.393 e. The average molecular weight is 279 g/mol. The van der Waals surface area contributed by atoms with Crippen LogP contribution in [-0.4, -0.2) is 17.3 Å². The second-order valence-corrected chi connectivity index (χ2v) is 6.85. The Kier molecular flexibility index (Phi) is 3.80. The normalized spacial score (nSPS) is 24.7. The summed E-state index contributed by atoms with van der Waals surface area (Å²) in [6.07, 6.45) is 2.75. The Morgan fingerprint density at radius 3 is 2.61 bits per heavy atom. The minimum atomic E-state index is -0.0896. The molecule has 2 heterocycles. The largest absolute Gasteiger partial charge is 0.393 e. The van der Waals surface area contributed by atoms with Gasteiger partial charge in [0.1, 0.15) is 0 Å². The van der Waals surface area contributed by atoms with E-state index in [0.29, 0.717) is 12.1 Å². The molecule has 2 N–H and O–H groups in total. The van der Waals surface area contributed by atoms with Crippen molar-refractivity contribution in [2.24, 2.45) is 0 Å². The molecule has 2 aromatic heterocycles. The summed E-state index contributed by atoms with van der Waals surface area (Å²) in [5, 5.41) is 17.3. The van der Waals surface area contributed by atoms with Gasteiger partial charge in [0.05, 0.1) is 6.10 Å². The van der Waals surface area contributed by atoms with Gasteiger partial charge in [0.15, 0.2) is 0 Å². The van der Waals surface area contributed by atoms with Crippen molar-refractivity contribution >= 4 is 22.7 Å². The highest BCUT2D eigenvalue weighted by molar-refractivity contribution is 7.10. The van der Waals surface area contributed by atoms with Crippen LogP contribution in [0.15, 0.2) is 35.0 Å². The number of aliphatic hydroxyl groups is 1. The van der Waals surface area contributed by atoms with Gasteiger partial charge < -0.3 is 10.4 Å². The van der Waals surface area contributed by atoms with E-state index in [1.165, 1.54) is 9.75 Å². The highest BCUT2D eigenvalue weighted by Gasteiger charge is 2.29. The van der Waals surface area contributed by atoms with Crippen molar-refractivity contribution in [2.45, 2.75) is 37.5 Å².